The third kappa shape index (κ3) is 5.21. The first kappa shape index (κ1) is 26.4. The molecule has 0 bridgehead atoms. The number of oxime groups is 1. The Balaban J connectivity index is 1.88. The van der Waals surface area contributed by atoms with Gasteiger partial charge in [0.05, 0.1) is 5.71 Å². The maximum Gasteiger partial charge on any atom is 0.255 e. The van der Waals surface area contributed by atoms with Crippen LogP contribution in [-0.2, 0) is 20.1 Å². The summed E-state index contributed by atoms with van der Waals surface area (Å²) in [5.74, 6) is 0. The fraction of sp³-hybridized carbons (Fsp3) is 0.406. The Labute approximate surface area is 218 Å². The lowest BCUT2D eigenvalue weighted by atomic mass is 9.85. The quantitative estimate of drug-likeness (QED) is 0.205. The van der Waals surface area contributed by atoms with Crippen molar-refractivity contribution in [1.82, 2.24) is 0 Å². The van der Waals surface area contributed by atoms with Crippen LogP contribution < -0.4 is 10.4 Å². The highest BCUT2D eigenvalue weighted by atomic mass is 28.4. The molecule has 0 fully saturated rings. The molecule has 1 aliphatic rings. The van der Waals surface area contributed by atoms with Crippen molar-refractivity contribution in [3.05, 3.63) is 83.4 Å². The summed E-state index contributed by atoms with van der Waals surface area (Å²) in [6, 6.07) is 24.5. The molecule has 0 aliphatic carbocycles. The average Bonchev–Trinajstić information content (AvgIpc) is 3.05. The molecule has 3 nitrogen and oxygen atoms in total. The normalized spacial score (nSPS) is 15.1. The van der Waals surface area contributed by atoms with Gasteiger partial charge in [-0.05, 0) is 69.4 Å². The molecule has 190 valence electrons. The molecule has 1 aliphatic heterocycles. The first-order chi connectivity index (χ1) is 16.8. The molecule has 3 aromatic carbocycles. The second-order valence-corrected chi connectivity index (χ2v) is 15.8. The molecule has 36 heavy (non-hydrogen) atoms. The van der Waals surface area contributed by atoms with Gasteiger partial charge in [0.2, 0.25) is 0 Å². The predicted molar refractivity (Wildman–Crippen MR) is 155 cm³/mol. The minimum absolute atomic E-state index is 0.0605. The van der Waals surface area contributed by atoms with E-state index in [1.807, 2.05) is 19.9 Å². The van der Waals surface area contributed by atoms with Gasteiger partial charge in [0, 0.05) is 0 Å². The molecule has 1 heterocycles. The molecular weight excluding hydrogens is 458 g/mol. The van der Waals surface area contributed by atoms with Crippen molar-refractivity contribution in [3.63, 3.8) is 0 Å². The van der Waals surface area contributed by atoms with Crippen molar-refractivity contribution in [3.8, 4) is 11.1 Å². The zero-order valence-electron chi connectivity index (χ0n) is 23.4. The fourth-order valence-corrected chi connectivity index (χ4v) is 8.58. The Morgan fingerprint density at radius 1 is 0.778 bits per heavy atom. The monoisotopic (exact) mass is 499 g/mol. The molecule has 0 amide bonds. The van der Waals surface area contributed by atoms with Crippen LogP contribution in [0.5, 0.6) is 0 Å². The summed E-state index contributed by atoms with van der Waals surface area (Å²) in [4.78, 5) is 5.78. The summed E-state index contributed by atoms with van der Waals surface area (Å²) in [6.07, 6.45) is -0.221. The van der Waals surface area contributed by atoms with Gasteiger partial charge >= 0.3 is 0 Å². The van der Waals surface area contributed by atoms with Crippen LogP contribution in [0.25, 0.3) is 11.1 Å². The Bertz CT molecular complexity index is 1200. The van der Waals surface area contributed by atoms with Crippen molar-refractivity contribution in [2.24, 2.45) is 5.16 Å². The van der Waals surface area contributed by atoms with Crippen LogP contribution in [0.4, 0.5) is 0 Å². The van der Waals surface area contributed by atoms with E-state index in [0.29, 0.717) is 6.61 Å². The zero-order valence-corrected chi connectivity index (χ0v) is 24.4. The maximum absolute atomic E-state index is 7.30. The topological polar surface area (TPSA) is 30.8 Å². The fourth-order valence-electron chi connectivity index (χ4n) is 4.94. The van der Waals surface area contributed by atoms with E-state index in [0.717, 1.165) is 11.3 Å². The van der Waals surface area contributed by atoms with E-state index >= 15 is 0 Å². The Hall–Kier alpha value is -2.69. The van der Waals surface area contributed by atoms with Crippen LogP contribution in [0.3, 0.4) is 0 Å². The third-order valence-electron chi connectivity index (χ3n) is 7.11. The lowest BCUT2D eigenvalue weighted by Gasteiger charge is -2.32. The molecule has 0 saturated carbocycles. The SMILES string of the molecule is CC(C)=NOC[C@H](O[Si]1(C)c2cc(C(C)(C)C)ccc2-c2ccc(C(C)(C)C)cc21)c1ccccc1. The number of nitrogens with zero attached hydrogens (tertiary/aromatic N) is 1. The molecule has 0 spiro atoms. The van der Waals surface area contributed by atoms with Crippen molar-refractivity contribution in [1.29, 1.82) is 0 Å². The lowest BCUT2D eigenvalue weighted by molar-refractivity contribution is 0.0512. The molecule has 0 saturated heterocycles. The summed E-state index contributed by atoms with van der Waals surface area (Å²) in [7, 11) is -2.60. The van der Waals surface area contributed by atoms with E-state index in [1.165, 1.54) is 32.6 Å². The summed E-state index contributed by atoms with van der Waals surface area (Å²) in [6.45, 7) is 20.3. The Morgan fingerprint density at radius 2 is 1.28 bits per heavy atom. The lowest BCUT2D eigenvalue weighted by Crippen LogP contribution is -2.56. The minimum Gasteiger partial charge on any atom is -0.398 e. The first-order valence-corrected chi connectivity index (χ1v) is 15.4. The molecule has 3 aromatic rings. The third-order valence-corrected chi connectivity index (χ3v) is 10.8. The molecule has 4 rings (SSSR count). The molecule has 1 atom stereocenters. The van der Waals surface area contributed by atoms with Gasteiger partial charge < -0.3 is 9.26 Å². The van der Waals surface area contributed by atoms with Gasteiger partial charge in [-0.25, -0.2) is 0 Å². The minimum atomic E-state index is -2.60. The molecule has 0 unspecified atom stereocenters. The van der Waals surface area contributed by atoms with Crippen LogP contribution >= 0.6 is 0 Å². The van der Waals surface area contributed by atoms with Crippen LogP contribution in [0.15, 0.2) is 71.9 Å². The van der Waals surface area contributed by atoms with Crippen LogP contribution in [-0.4, -0.2) is 20.6 Å². The van der Waals surface area contributed by atoms with Crippen LogP contribution in [0, 0.1) is 0 Å². The first-order valence-electron chi connectivity index (χ1n) is 13.0. The van der Waals surface area contributed by atoms with Crippen molar-refractivity contribution >= 4 is 24.4 Å². The molecule has 0 aromatic heterocycles. The van der Waals surface area contributed by atoms with Crippen molar-refractivity contribution in [2.75, 3.05) is 6.61 Å². The highest BCUT2D eigenvalue weighted by Gasteiger charge is 2.46. The van der Waals surface area contributed by atoms with Crippen LogP contribution in [0.2, 0.25) is 6.55 Å². The zero-order chi connectivity index (χ0) is 26.3. The highest BCUT2D eigenvalue weighted by Crippen LogP contribution is 2.36. The largest absolute Gasteiger partial charge is 0.398 e. The van der Waals surface area contributed by atoms with E-state index in [4.69, 9.17) is 9.26 Å². The maximum atomic E-state index is 7.30. The second kappa shape index (κ2) is 9.64. The number of benzene rings is 3. The predicted octanol–water partition coefficient (Wildman–Crippen LogP) is 7.12. The van der Waals surface area contributed by atoms with E-state index < -0.39 is 8.32 Å². The summed E-state index contributed by atoms with van der Waals surface area (Å²) < 4.78 is 7.30. The molecule has 0 radical (unpaired) electrons. The standard InChI is InChI=1S/C32H41NO2Si/c1-22(2)33-34-21-28(23-13-11-10-12-14-23)35-36(9)29-19-24(31(3,4)5)15-17-26(29)27-18-16-25(20-30(27)36)32(6,7)8/h10-20,28H,21H2,1-9H3/t28-/m0/s1. The summed E-state index contributed by atoms with van der Waals surface area (Å²) in [5.41, 5.74) is 7.43. The number of hydrogen-bond donors (Lipinski definition) is 0. The summed E-state index contributed by atoms with van der Waals surface area (Å²) in [5, 5.41) is 6.93. The number of hydrogen-bond acceptors (Lipinski definition) is 3. The highest BCUT2D eigenvalue weighted by molar-refractivity contribution is 7.00. The Morgan fingerprint density at radius 3 is 1.72 bits per heavy atom. The van der Waals surface area contributed by atoms with E-state index in [1.54, 1.807) is 0 Å². The molecule has 0 N–H and O–H groups in total. The van der Waals surface area contributed by atoms with E-state index in [2.05, 4.69) is 114 Å². The molecule has 4 heteroatoms. The van der Waals surface area contributed by atoms with Gasteiger partial charge in [0.1, 0.15) is 12.7 Å². The van der Waals surface area contributed by atoms with Gasteiger partial charge in [-0.1, -0.05) is 113 Å². The summed E-state index contributed by atoms with van der Waals surface area (Å²) >= 11 is 0. The van der Waals surface area contributed by atoms with Crippen molar-refractivity contribution < 1.29 is 9.26 Å². The smallest absolute Gasteiger partial charge is 0.255 e. The number of fused-ring (bicyclic) bond motifs is 3. The van der Waals surface area contributed by atoms with E-state index in [-0.39, 0.29) is 16.9 Å². The van der Waals surface area contributed by atoms with Crippen LogP contribution in [0.1, 0.15) is 78.2 Å². The average molecular weight is 500 g/mol. The number of rotatable bonds is 6. The Kier molecular flexibility index (Phi) is 7.06. The van der Waals surface area contributed by atoms with Gasteiger partial charge in [-0.15, -0.1) is 0 Å². The van der Waals surface area contributed by atoms with Gasteiger partial charge in [-0.2, -0.15) is 0 Å². The second-order valence-electron chi connectivity index (χ2n) is 12.4. The van der Waals surface area contributed by atoms with Gasteiger partial charge in [0.25, 0.3) is 8.32 Å². The van der Waals surface area contributed by atoms with Gasteiger partial charge in [0.15, 0.2) is 0 Å². The van der Waals surface area contributed by atoms with Gasteiger partial charge in [-0.3, -0.25) is 0 Å². The molecular formula is C32H41NO2Si. The van der Waals surface area contributed by atoms with Crippen molar-refractivity contribution in [2.45, 2.75) is 78.9 Å². The van der Waals surface area contributed by atoms with E-state index in [9.17, 15) is 0 Å².